The summed E-state index contributed by atoms with van der Waals surface area (Å²) in [6.07, 6.45) is 4.04. The Morgan fingerprint density at radius 2 is 2.05 bits per heavy atom. The molecule has 3 nitrogen and oxygen atoms in total. The van der Waals surface area contributed by atoms with Gasteiger partial charge in [0, 0.05) is 6.54 Å². The van der Waals surface area contributed by atoms with Gasteiger partial charge in [-0.15, -0.1) is 0 Å². The summed E-state index contributed by atoms with van der Waals surface area (Å²) in [6, 6.07) is 3.55. The fourth-order valence-corrected chi connectivity index (χ4v) is 2.99. The zero-order valence-electron chi connectivity index (χ0n) is 11.4. The van der Waals surface area contributed by atoms with Crippen LogP contribution in [0.25, 0.3) is 0 Å². The average molecular weight is 305 g/mol. The van der Waals surface area contributed by atoms with Crippen molar-refractivity contribution in [1.82, 2.24) is 5.32 Å². The molecule has 0 saturated heterocycles. The van der Waals surface area contributed by atoms with Crippen LogP contribution in [0.2, 0.25) is 0 Å². The molecule has 0 aromatic carbocycles. The predicted octanol–water partition coefficient (Wildman–Crippen LogP) is 3.38. The second-order valence-electron chi connectivity index (χ2n) is 5.18. The van der Waals surface area contributed by atoms with Crippen LogP contribution in [-0.4, -0.2) is 23.5 Å². The van der Waals surface area contributed by atoms with Crippen LogP contribution in [0.3, 0.4) is 0 Å². The monoisotopic (exact) mass is 305 g/mol. The number of hydrogen-bond donors (Lipinski definition) is 2. The lowest BCUT2D eigenvalue weighted by atomic mass is 9.86. The number of nitrogens with one attached hydrogen (secondary N) is 1. The molecule has 1 fully saturated rings. The second kappa shape index (κ2) is 8.00. The van der Waals surface area contributed by atoms with Gasteiger partial charge in [0.25, 0.3) is 5.76 Å². The van der Waals surface area contributed by atoms with Crippen molar-refractivity contribution in [3.05, 3.63) is 23.7 Å². The van der Waals surface area contributed by atoms with Crippen molar-refractivity contribution in [3.8, 4) is 0 Å². The number of halogens is 2. The largest absolute Gasteiger partial charge is 0.464 e. The zero-order chi connectivity index (χ0) is 14.4. The van der Waals surface area contributed by atoms with Crippen LogP contribution in [0.5, 0.6) is 0 Å². The molecule has 2 N–H and O–H groups in total. The first kappa shape index (κ1) is 15.8. The third-order valence-corrected chi connectivity index (χ3v) is 4.35. The highest BCUT2D eigenvalue weighted by Crippen LogP contribution is 2.24. The number of aliphatic hydroxyl groups excluding tert-OH is 1. The van der Waals surface area contributed by atoms with Gasteiger partial charge in [-0.2, -0.15) is 8.78 Å². The normalized spacial score (nSPS) is 23.4. The second-order valence-corrected chi connectivity index (χ2v) is 6.16. The van der Waals surface area contributed by atoms with Crippen molar-refractivity contribution < 1.29 is 18.3 Å². The fourth-order valence-electron chi connectivity index (χ4n) is 2.55. The summed E-state index contributed by atoms with van der Waals surface area (Å²) < 4.78 is 29.6. The molecular formula is C14H21F2NO2S. The van der Waals surface area contributed by atoms with Crippen LogP contribution in [0.15, 0.2) is 16.5 Å². The van der Waals surface area contributed by atoms with Gasteiger partial charge in [0.15, 0.2) is 0 Å². The first-order valence-electron chi connectivity index (χ1n) is 7.01. The van der Waals surface area contributed by atoms with E-state index in [4.69, 9.17) is 4.42 Å². The molecule has 2 atom stereocenters. The number of aliphatic hydroxyl groups is 1. The van der Waals surface area contributed by atoms with E-state index < -0.39 is 5.76 Å². The van der Waals surface area contributed by atoms with E-state index in [2.05, 4.69) is 5.32 Å². The van der Waals surface area contributed by atoms with Crippen molar-refractivity contribution in [2.45, 2.75) is 49.8 Å². The SMILES string of the molecule is OC1CCCCC1CNCc1ccc(CSC(F)F)o1. The lowest BCUT2D eigenvalue weighted by molar-refractivity contribution is 0.0692. The molecule has 1 aliphatic carbocycles. The summed E-state index contributed by atoms with van der Waals surface area (Å²) in [5.74, 6) is -0.536. The van der Waals surface area contributed by atoms with Crippen molar-refractivity contribution >= 4 is 11.8 Å². The van der Waals surface area contributed by atoms with E-state index in [1.807, 2.05) is 6.07 Å². The lowest BCUT2D eigenvalue weighted by Gasteiger charge is -2.27. The van der Waals surface area contributed by atoms with Crippen LogP contribution < -0.4 is 5.32 Å². The molecule has 1 aromatic rings. The molecule has 6 heteroatoms. The first-order chi connectivity index (χ1) is 9.65. The van der Waals surface area contributed by atoms with E-state index in [1.54, 1.807) is 6.07 Å². The number of alkyl halides is 2. The number of furan rings is 1. The van der Waals surface area contributed by atoms with Crippen molar-refractivity contribution in [2.24, 2.45) is 5.92 Å². The maximum Gasteiger partial charge on any atom is 0.284 e. The first-order valence-corrected chi connectivity index (χ1v) is 8.06. The van der Waals surface area contributed by atoms with E-state index in [0.29, 0.717) is 30.0 Å². The van der Waals surface area contributed by atoms with Gasteiger partial charge >= 0.3 is 0 Å². The number of rotatable bonds is 7. The van der Waals surface area contributed by atoms with Gasteiger partial charge in [-0.3, -0.25) is 0 Å². The van der Waals surface area contributed by atoms with Crippen LogP contribution in [0.4, 0.5) is 8.78 Å². The molecular weight excluding hydrogens is 284 g/mol. The van der Waals surface area contributed by atoms with Crippen molar-refractivity contribution in [2.75, 3.05) is 6.54 Å². The van der Waals surface area contributed by atoms with Gasteiger partial charge in [-0.1, -0.05) is 24.6 Å². The topological polar surface area (TPSA) is 45.4 Å². The Morgan fingerprint density at radius 1 is 1.30 bits per heavy atom. The molecule has 114 valence electrons. The highest BCUT2D eigenvalue weighted by molar-refractivity contribution is 7.98. The van der Waals surface area contributed by atoms with E-state index >= 15 is 0 Å². The fraction of sp³-hybridized carbons (Fsp3) is 0.714. The van der Waals surface area contributed by atoms with Gasteiger partial charge in [-0.25, -0.2) is 0 Å². The summed E-state index contributed by atoms with van der Waals surface area (Å²) in [4.78, 5) is 0. The predicted molar refractivity (Wildman–Crippen MR) is 75.7 cm³/mol. The summed E-state index contributed by atoms with van der Waals surface area (Å²) in [7, 11) is 0. The Kier molecular flexibility index (Phi) is 6.32. The smallest absolute Gasteiger partial charge is 0.284 e. The quantitative estimate of drug-likeness (QED) is 0.810. The van der Waals surface area contributed by atoms with E-state index in [9.17, 15) is 13.9 Å². The Balaban J connectivity index is 1.68. The minimum absolute atomic E-state index is 0.193. The molecule has 0 aliphatic heterocycles. The Labute approximate surface area is 122 Å². The van der Waals surface area contributed by atoms with Crippen LogP contribution in [0, 0.1) is 5.92 Å². The van der Waals surface area contributed by atoms with Gasteiger partial charge in [0.2, 0.25) is 0 Å². The highest BCUT2D eigenvalue weighted by Gasteiger charge is 2.22. The van der Waals surface area contributed by atoms with Gasteiger partial charge in [0.1, 0.15) is 11.5 Å². The van der Waals surface area contributed by atoms with Crippen molar-refractivity contribution in [3.63, 3.8) is 0 Å². The molecule has 0 spiro atoms. The Morgan fingerprint density at radius 3 is 2.80 bits per heavy atom. The van der Waals surface area contributed by atoms with Crippen LogP contribution >= 0.6 is 11.8 Å². The molecule has 0 amide bonds. The average Bonchev–Trinajstić information content (AvgIpc) is 2.87. The highest BCUT2D eigenvalue weighted by atomic mass is 32.2. The maximum atomic E-state index is 12.1. The molecule has 1 heterocycles. The summed E-state index contributed by atoms with van der Waals surface area (Å²) in [5.41, 5.74) is 0. The summed E-state index contributed by atoms with van der Waals surface area (Å²) in [6.45, 7) is 1.34. The Bertz CT molecular complexity index is 400. The van der Waals surface area contributed by atoms with E-state index in [1.165, 1.54) is 6.42 Å². The molecule has 1 saturated carbocycles. The molecule has 2 rings (SSSR count). The van der Waals surface area contributed by atoms with E-state index in [0.717, 1.165) is 31.6 Å². The van der Waals surface area contributed by atoms with Crippen LogP contribution in [-0.2, 0) is 12.3 Å². The molecule has 20 heavy (non-hydrogen) atoms. The molecule has 0 bridgehead atoms. The summed E-state index contributed by atoms with van der Waals surface area (Å²) >= 11 is 0.564. The maximum absolute atomic E-state index is 12.1. The molecule has 2 unspecified atom stereocenters. The van der Waals surface area contributed by atoms with Crippen LogP contribution in [0.1, 0.15) is 37.2 Å². The minimum Gasteiger partial charge on any atom is -0.464 e. The molecule has 0 radical (unpaired) electrons. The third-order valence-electron chi connectivity index (χ3n) is 3.64. The summed E-state index contributed by atoms with van der Waals surface area (Å²) in [5, 5.41) is 13.1. The third kappa shape index (κ3) is 5.07. The Hall–Kier alpha value is -0.590. The van der Waals surface area contributed by atoms with E-state index in [-0.39, 0.29) is 11.9 Å². The van der Waals surface area contributed by atoms with Gasteiger partial charge in [-0.05, 0) is 30.9 Å². The number of thioether (sulfide) groups is 1. The number of hydrogen-bond acceptors (Lipinski definition) is 4. The van der Waals surface area contributed by atoms with Crippen molar-refractivity contribution in [1.29, 1.82) is 0 Å². The molecule has 1 aliphatic rings. The standard InChI is InChI=1S/C14H21F2NO2S/c15-14(16)20-9-12-6-5-11(19-12)8-17-7-10-3-1-2-4-13(10)18/h5-6,10,13-14,17-18H,1-4,7-9H2. The van der Waals surface area contributed by atoms with Gasteiger partial charge < -0.3 is 14.8 Å². The zero-order valence-corrected chi connectivity index (χ0v) is 12.2. The molecule has 1 aromatic heterocycles. The minimum atomic E-state index is -2.37. The van der Waals surface area contributed by atoms with Gasteiger partial charge in [0.05, 0.1) is 18.4 Å². The lowest BCUT2D eigenvalue weighted by Crippen LogP contribution is -2.33.